The Kier molecular flexibility index (Phi) is 3.11. The molecule has 1 aliphatic heterocycles. The Balaban J connectivity index is 1.96. The van der Waals surface area contributed by atoms with Gasteiger partial charge in [-0.1, -0.05) is 6.07 Å². The van der Waals surface area contributed by atoms with Crippen molar-refractivity contribution in [3.63, 3.8) is 0 Å². The first-order chi connectivity index (χ1) is 6.86. The van der Waals surface area contributed by atoms with Crippen LogP contribution in [0, 0.1) is 0 Å². The van der Waals surface area contributed by atoms with Crippen molar-refractivity contribution in [2.75, 3.05) is 13.1 Å². The molecule has 76 valence electrons. The first-order valence-electron chi connectivity index (χ1n) is 5.22. The fourth-order valence-corrected chi connectivity index (χ4v) is 1.90. The summed E-state index contributed by atoms with van der Waals surface area (Å²) in [4.78, 5) is 4.13. The van der Waals surface area contributed by atoms with Crippen molar-refractivity contribution in [3.8, 4) is 0 Å². The molecule has 1 fully saturated rings. The van der Waals surface area contributed by atoms with Crippen molar-refractivity contribution in [2.24, 2.45) is 0 Å². The number of rotatable bonds is 2. The molecule has 1 aliphatic rings. The molecule has 1 aromatic heterocycles. The molecule has 0 aliphatic carbocycles. The van der Waals surface area contributed by atoms with E-state index in [0.29, 0.717) is 12.1 Å². The van der Waals surface area contributed by atoms with Crippen molar-refractivity contribution < 1.29 is 0 Å². The average Bonchev–Trinajstić information content (AvgIpc) is 2.23. The van der Waals surface area contributed by atoms with Gasteiger partial charge in [-0.25, -0.2) is 0 Å². The predicted molar refractivity (Wildman–Crippen MR) is 57.2 cm³/mol. The van der Waals surface area contributed by atoms with Crippen LogP contribution in [0.25, 0.3) is 0 Å². The van der Waals surface area contributed by atoms with Crippen LogP contribution in [0.5, 0.6) is 0 Å². The molecule has 0 bridgehead atoms. The molecule has 1 aromatic rings. The van der Waals surface area contributed by atoms with Gasteiger partial charge in [-0.3, -0.25) is 4.98 Å². The summed E-state index contributed by atoms with van der Waals surface area (Å²) in [6.45, 7) is 4.37. The van der Waals surface area contributed by atoms with E-state index >= 15 is 0 Å². The molecule has 0 radical (unpaired) electrons. The minimum Gasteiger partial charge on any atom is -0.311 e. The topological polar surface area (TPSA) is 37.0 Å². The van der Waals surface area contributed by atoms with Crippen LogP contribution in [0.1, 0.15) is 12.5 Å². The van der Waals surface area contributed by atoms with Crippen molar-refractivity contribution in [3.05, 3.63) is 30.1 Å². The Morgan fingerprint density at radius 3 is 3.00 bits per heavy atom. The van der Waals surface area contributed by atoms with Gasteiger partial charge in [0.2, 0.25) is 0 Å². The fourth-order valence-electron chi connectivity index (χ4n) is 1.90. The Morgan fingerprint density at radius 1 is 1.43 bits per heavy atom. The van der Waals surface area contributed by atoms with E-state index in [4.69, 9.17) is 0 Å². The summed E-state index contributed by atoms with van der Waals surface area (Å²) < 4.78 is 0. The number of hydrogen-bond acceptors (Lipinski definition) is 3. The van der Waals surface area contributed by atoms with Crippen LogP contribution in [-0.4, -0.2) is 30.2 Å². The first-order valence-corrected chi connectivity index (χ1v) is 5.22. The Morgan fingerprint density at radius 2 is 2.29 bits per heavy atom. The first kappa shape index (κ1) is 9.62. The molecule has 2 N–H and O–H groups in total. The second-order valence-corrected chi connectivity index (χ2v) is 3.87. The molecular weight excluding hydrogens is 174 g/mol. The molecule has 0 aromatic carbocycles. The van der Waals surface area contributed by atoms with Crippen LogP contribution in [0.4, 0.5) is 0 Å². The second kappa shape index (κ2) is 4.53. The van der Waals surface area contributed by atoms with E-state index in [1.165, 1.54) is 5.56 Å². The summed E-state index contributed by atoms with van der Waals surface area (Å²) in [5.74, 6) is 0. The van der Waals surface area contributed by atoms with Crippen LogP contribution in [0.15, 0.2) is 24.5 Å². The second-order valence-electron chi connectivity index (χ2n) is 3.87. The quantitative estimate of drug-likeness (QED) is 0.718. The molecule has 2 atom stereocenters. The maximum atomic E-state index is 4.13. The van der Waals surface area contributed by atoms with Crippen molar-refractivity contribution in [1.82, 2.24) is 15.6 Å². The smallest absolute Gasteiger partial charge is 0.0300 e. The Labute approximate surface area is 84.9 Å². The van der Waals surface area contributed by atoms with Gasteiger partial charge >= 0.3 is 0 Å². The van der Waals surface area contributed by atoms with E-state index < -0.39 is 0 Å². The normalized spacial score (nSPS) is 27.5. The third-order valence-corrected chi connectivity index (χ3v) is 2.78. The molecule has 2 rings (SSSR count). The van der Waals surface area contributed by atoms with Gasteiger partial charge in [0.15, 0.2) is 0 Å². The number of nitrogens with one attached hydrogen (secondary N) is 2. The van der Waals surface area contributed by atoms with Gasteiger partial charge < -0.3 is 10.6 Å². The molecule has 14 heavy (non-hydrogen) atoms. The molecular formula is C11H17N3. The number of hydrogen-bond donors (Lipinski definition) is 2. The highest BCUT2D eigenvalue weighted by Crippen LogP contribution is 2.06. The molecule has 2 heterocycles. The van der Waals surface area contributed by atoms with E-state index in [-0.39, 0.29) is 0 Å². The number of piperazine rings is 1. The highest BCUT2D eigenvalue weighted by atomic mass is 15.1. The standard InChI is InChI=1S/C11H17N3/c1-9-11(14-6-5-13-9)7-10-3-2-4-12-8-10/h2-4,8-9,11,13-14H,5-7H2,1H3. The molecule has 0 saturated carbocycles. The van der Waals surface area contributed by atoms with Crippen LogP contribution in [0.2, 0.25) is 0 Å². The van der Waals surface area contributed by atoms with E-state index in [9.17, 15) is 0 Å². The van der Waals surface area contributed by atoms with Crippen molar-refractivity contribution >= 4 is 0 Å². The Hall–Kier alpha value is -0.930. The van der Waals surface area contributed by atoms with E-state index in [0.717, 1.165) is 19.5 Å². The number of nitrogens with zero attached hydrogens (tertiary/aromatic N) is 1. The summed E-state index contributed by atoms with van der Waals surface area (Å²) in [7, 11) is 0. The Bertz CT molecular complexity index is 273. The van der Waals surface area contributed by atoms with Gasteiger partial charge in [-0.05, 0) is 25.0 Å². The van der Waals surface area contributed by atoms with E-state index in [1.54, 1.807) is 0 Å². The molecule has 3 heteroatoms. The number of pyridine rings is 1. The van der Waals surface area contributed by atoms with Gasteiger partial charge in [0, 0.05) is 37.6 Å². The molecule has 3 nitrogen and oxygen atoms in total. The van der Waals surface area contributed by atoms with Crippen LogP contribution < -0.4 is 10.6 Å². The third kappa shape index (κ3) is 2.30. The number of aromatic nitrogens is 1. The van der Waals surface area contributed by atoms with Crippen LogP contribution >= 0.6 is 0 Å². The SMILES string of the molecule is CC1NCCNC1Cc1cccnc1. The lowest BCUT2D eigenvalue weighted by atomic mass is 10.00. The fraction of sp³-hybridized carbons (Fsp3) is 0.545. The maximum absolute atomic E-state index is 4.13. The van der Waals surface area contributed by atoms with Crippen molar-refractivity contribution in [2.45, 2.75) is 25.4 Å². The van der Waals surface area contributed by atoms with Gasteiger partial charge in [0.1, 0.15) is 0 Å². The van der Waals surface area contributed by atoms with Gasteiger partial charge in [0.25, 0.3) is 0 Å². The monoisotopic (exact) mass is 191 g/mol. The van der Waals surface area contributed by atoms with Gasteiger partial charge in [-0.2, -0.15) is 0 Å². The lowest BCUT2D eigenvalue weighted by Crippen LogP contribution is -2.55. The summed E-state index contributed by atoms with van der Waals surface area (Å²) in [5.41, 5.74) is 1.31. The predicted octanol–water partition coefficient (Wildman–Crippen LogP) is 0.574. The highest BCUT2D eigenvalue weighted by molar-refractivity contribution is 5.11. The van der Waals surface area contributed by atoms with Gasteiger partial charge in [0.05, 0.1) is 0 Å². The molecule has 0 amide bonds. The van der Waals surface area contributed by atoms with E-state index in [2.05, 4.69) is 28.6 Å². The molecule has 2 unspecified atom stereocenters. The molecule has 1 saturated heterocycles. The highest BCUT2D eigenvalue weighted by Gasteiger charge is 2.19. The van der Waals surface area contributed by atoms with Crippen LogP contribution in [-0.2, 0) is 6.42 Å². The summed E-state index contributed by atoms with van der Waals surface area (Å²) in [6, 6.07) is 5.21. The summed E-state index contributed by atoms with van der Waals surface area (Å²) in [5, 5.41) is 7.00. The summed E-state index contributed by atoms with van der Waals surface area (Å²) in [6.07, 6.45) is 4.82. The average molecular weight is 191 g/mol. The minimum atomic E-state index is 0.535. The largest absolute Gasteiger partial charge is 0.311 e. The lowest BCUT2D eigenvalue weighted by molar-refractivity contribution is 0.336. The minimum absolute atomic E-state index is 0.535. The molecule has 0 spiro atoms. The van der Waals surface area contributed by atoms with Crippen molar-refractivity contribution in [1.29, 1.82) is 0 Å². The summed E-state index contributed by atoms with van der Waals surface area (Å²) >= 11 is 0. The van der Waals surface area contributed by atoms with Gasteiger partial charge in [-0.15, -0.1) is 0 Å². The zero-order chi connectivity index (χ0) is 9.80. The van der Waals surface area contributed by atoms with Crippen LogP contribution in [0.3, 0.4) is 0 Å². The third-order valence-electron chi connectivity index (χ3n) is 2.78. The van der Waals surface area contributed by atoms with E-state index in [1.807, 2.05) is 18.5 Å². The maximum Gasteiger partial charge on any atom is 0.0300 e. The lowest BCUT2D eigenvalue weighted by Gasteiger charge is -2.31. The zero-order valence-electron chi connectivity index (χ0n) is 8.53. The zero-order valence-corrected chi connectivity index (χ0v) is 8.53.